The van der Waals surface area contributed by atoms with Crippen molar-refractivity contribution >= 4 is 16.8 Å². The number of benzene rings is 1. The first-order chi connectivity index (χ1) is 13.5. The van der Waals surface area contributed by atoms with Gasteiger partial charge in [-0.2, -0.15) is 5.10 Å². The standard InChI is InChI=1S/C20H24N4O4/c1-5-24-19-15(13(2)22-24)8-9-23(20(19)26)12-18(25)21-11-14-6-7-16(27-3)17(10-14)28-4/h6-10H,5,11-12H2,1-4H3,(H,21,25). The fourth-order valence-corrected chi connectivity index (χ4v) is 3.14. The third-order valence-corrected chi connectivity index (χ3v) is 4.61. The first-order valence-corrected chi connectivity index (χ1v) is 9.02. The molecule has 0 aliphatic rings. The van der Waals surface area contributed by atoms with Crippen molar-refractivity contribution in [1.29, 1.82) is 0 Å². The molecule has 2 aromatic heterocycles. The highest BCUT2D eigenvalue weighted by Gasteiger charge is 2.14. The number of hydrogen-bond donors (Lipinski definition) is 1. The number of carbonyl (C=O) groups excluding carboxylic acids is 1. The quantitative estimate of drug-likeness (QED) is 0.672. The van der Waals surface area contributed by atoms with Crippen LogP contribution < -0.4 is 20.3 Å². The predicted octanol–water partition coefficient (Wildman–Crippen LogP) is 1.86. The predicted molar refractivity (Wildman–Crippen MR) is 106 cm³/mol. The molecular formula is C20H24N4O4. The molecule has 0 aliphatic carbocycles. The second-order valence-corrected chi connectivity index (χ2v) is 6.38. The van der Waals surface area contributed by atoms with Gasteiger partial charge in [0.15, 0.2) is 11.5 Å². The van der Waals surface area contributed by atoms with Crippen LogP contribution >= 0.6 is 0 Å². The van der Waals surface area contributed by atoms with Crippen LogP contribution in [0.1, 0.15) is 18.2 Å². The Balaban J connectivity index is 1.73. The third-order valence-electron chi connectivity index (χ3n) is 4.61. The van der Waals surface area contributed by atoms with Gasteiger partial charge in [-0.1, -0.05) is 6.07 Å². The van der Waals surface area contributed by atoms with E-state index in [1.165, 1.54) is 4.57 Å². The van der Waals surface area contributed by atoms with Gasteiger partial charge in [0.25, 0.3) is 5.56 Å². The molecule has 2 heterocycles. The number of aromatic nitrogens is 3. The van der Waals surface area contributed by atoms with E-state index in [0.29, 0.717) is 30.1 Å². The minimum Gasteiger partial charge on any atom is -0.493 e. The normalized spacial score (nSPS) is 10.9. The molecule has 8 heteroatoms. The topological polar surface area (TPSA) is 87.4 Å². The number of carbonyl (C=O) groups is 1. The Morgan fingerprint density at radius 3 is 2.61 bits per heavy atom. The number of ether oxygens (including phenoxy) is 2. The van der Waals surface area contributed by atoms with Gasteiger partial charge < -0.3 is 19.4 Å². The van der Waals surface area contributed by atoms with Crippen molar-refractivity contribution in [2.24, 2.45) is 0 Å². The zero-order chi connectivity index (χ0) is 20.3. The molecule has 0 saturated heterocycles. The van der Waals surface area contributed by atoms with E-state index in [9.17, 15) is 9.59 Å². The van der Waals surface area contributed by atoms with E-state index in [1.54, 1.807) is 37.2 Å². The van der Waals surface area contributed by atoms with Crippen LogP contribution in [0.3, 0.4) is 0 Å². The number of rotatable bonds is 7. The Labute approximate surface area is 162 Å². The molecule has 3 rings (SSSR count). The van der Waals surface area contributed by atoms with Crippen LogP contribution in [-0.4, -0.2) is 34.5 Å². The second-order valence-electron chi connectivity index (χ2n) is 6.38. The van der Waals surface area contributed by atoms with Crippen molar-refractivity contribution in [2.75, 3.05) is 14.2 Å². The molecule has 3 aromatic rings. The highest BCUT2D eigenvalue weighted by atomic mass is 16.5. The molecule has 0 saturated carbocycles. The molecule has 0 spiro atoms. The average Bonchev–Trinajstić information content (AvgIpc) is 3.04. The number of amides is 1. The fraction of sp³-hybridized carbons (Fsp3) is 0.350. The molecule has 1 amide bonds. The molecule has 1 aromatic carbocycles. The van der Waals surface area contributed by atoms with E-state index in [0.717, 1.165) is 16.6 Å². The molecule has 148 valence electrons. The van der Waals surface area contributed by atoms with Gasteiger partial charge in [-0.05, 0) is 37.6 Å². The Morgan fingerprint density at radius 1 is 1.18 bits per heavy atom. The van der Waals surface area contributed by atoms with Gasteiger partial charge in [0.1, 0.15) is 12.1 Å². The number of methoxy groups -OCH3 is 2. The zero-order valence-electron chi connectivity index (χ0n) is 16.5. The lowest BCUT2D eigenvalue weighted by atomic mass is 10.2. The monoisotopic (exact) mass is 384 g/mol. The molecule has 1 N–H and O–H groups in total. The van der Waals surface area contributed by atoms with Crippen LogP contribution in [0.15, 0.2) is 35.3 Å². The van der Waals surface area contributed by atoms with Gasteiger partial charge in [-0.3, -0.25) is 14.3 Å². The summed E-state index contributed by atoms with van der Waals surface area (Å²) >= 11 is 0. The van der Waals surface area contributed by atoms with E-state index in [4.69, 9.17) is 9.47 Å². The summed E-state index contributed by atoms with van der Waals surface area (Å²) in [5.74, 6) is 0.967. The first-order valence-electron chi connectivity index (χ1n) is 9.02. The average molecular weight is 384 g/mol. The SMILES string of the molecule is CCn1nc(C)c2ccn(CC(=O)NCc3ccc(OC)c(OC)c3)c(=O)c21. The Kier molecular flexibility index (Phi) is 5.67. The molecule has 0 aliphatic heterocycles. The Hall–Kier alpha value is -3.29. The molecule has 28 heavy (non-hydrogen) atoms. The van der Waals surface area contributed by atoms with Crippen molar-refractivity contribution in [2.45, 2.75) is 33.5 Å². The maximum Gasteiger partial charge on any atom is 0.277 e. The Bertz CT molecular complexity index is 1070. The van der Waals surface area contributed by atoms with Crippen molar-refractivity contribution in [3.63, 3.8) is 0 Å². The van der Waals surface area contributed by atoms with Gasteiger partial charge in [0.2, 0.25) is 5.91 Å². The van der Waals surface area contributed by atoms with Crippen LogP contribution in [0.5, 0.6) is 11.5 Å². The number of pyridine rings is 1. The fourth-order valence-electron chi connectivity index (χ4n) is 3.14. The van der Waals surface area contributed by atoms with Crippen molar-refractivity contribution in [3.8, 4) is 11.5 Å². The summed E-state index contributed by atoms with van der Waals surface area (Å²) in [7, 11) is 3.13. The van der Waals surface area contributed by atoms with Gasteiger partial charge in [0, 0.05) is 24.7 Å². The number of hydrogen-bond acceptors (Lipinski definition) is 5. The van der Waals surface area contributed by atoms with Gasteiger partial charge in [-0.15, -0.1) is 0 Å². The first kappa shape index (κ1) is 19.5. The summed E-state index contributed by atoms with van der Waals surface area (Å²) in [6.45, 7) is 4.65. The van der Waals surface area contributed by atoms with Crippen molar-refractivity contribution in [1.82, 2.24) is 19.7 Å². The maximum absolute atomic E-state index is 12.8. The number of aryl methyl sites for hydroxylation is 2. The minimum absolute atomic E-state index is 0.0595. The van der Waals surface area contributed by atoms with E-state index < -0.39 is 0 Å². The summed E-state index contributed by atoms with van der Waals surface area (Å²) in [5.41, 5.74) is 1.98. The van der Waals surface area contributed by atoms with E-state index in [1.807, 2.05) is 26.0 Å². The van der Waals surface area contributed by atoms with E-state index >= 15 is 0 Å². The van der Waals surface area contributed by atoms with Crippen molar-refractivity contribution in [3.05, 3.63) is 52.1 Å². The molecule has 0 atom stereocenters. The molecule has 0 radical (unpaired) electrons. The lowest BCUT2D eigenvalue weighted by molar-refractivity contribution is -0.121. The molecule has 0 fully saturated rings. The smallest absolute Gasteiger partial charge is 0.277 e. The van der Waals surface area contributed by atoms with Crippen LogP contribution in [0, 0.1) is 6.92 Å². The van der Waals surface area contributed by atoms with Crippen LogP contribution in [0.25, 0.3) is 10.9 Å². The lowest BCUT2D eigenvalue weighted by Crippen LogP contribution is -2.32. The highest BCUT2D eigenvalue weighted by molar-refractivity contribution is 5.81. The highest BCUT2D eigenvalue weighted by Crippen LogP contribution is 2.27. The molecule has 0 unspecified atom stereocenters. The number of fused-ring (bicyclic) bond motifs is 1. The summed E-state index contributed by atoms with van der Waals surface area (Å²) in [6.07, 6.45) is 1.63. The van der Waals surface area contributed by atoms with E-state index in [2.05, 4.69) is 10.4 Å². The second kappa shape index (κ2) is 8.16. The largest absolute Gasteiger partial charge is 0.493 e. The molecule has 0 bridgehead atoms. The van der Waals surface area contributed by atoms with Gasteiger partial charge in [0.05, 0.1) is 19.9 Å². The molecular weight excluding hydrogens is 360 g/mol. The third kappa shape index (κ3) is 3.71. The number of nitrogens with one attached hydrogen (secondary N) is 1. The summed E-state index contributed by atoms with van der Waals surface area (Å²) in [6, 6.07) is 7.27. The van der Waals surface area contributed by atoms with Gasteiger partial charge in [-0.25, -0.2) is 0 Å². The van der Waals surface area contributed by atoms with Crippen molar-refractivity contribution < 1.29 is 14.3 Å². The summed E-state index contributed by atoms with van der Waals surface area (Å²) < 4.78 is 13.5. The zero-order valence-corrected chi connectivity index (χ0v) is 16.5. The van der Waals surface area contributed by atoms with Crippen LogP contribution in [0.4, 0.5) is 0 Å². The lowest BCUT2D eigenvalue weighted by Gasteiger charge is -2.11. The minimum atomic E-state index is -0.254. The van der Waals surface area contributed by atoms with Crippen LogP contribution in [0.2, 0.25) is 0 Å². The maximum atomic E-state index is 12.8. The van der Waals surface area contributed by atoms with E-state index in [-0.39, 0.29) is 18.0 Å². The number of nitrogens with zero attached hydrogens (tertiary/aromatic N) is 3. The van der Waals surface area contributed by atoms with Gasteiger partial charge >= 0.3 is 0 Å². The van der Waals surface area contributed by atoms with Crippen LogP contribution in [-0.2, 0) is 24.4 Å². The summed E-state index contributed by atoms with van der Waals surface area (Å²) in [4.78, 5) is 25.1. The summed E-state index contributed by atoms with van der Waals surface area (Å²) in [5, 5.41) is 8.02. The molecule has 8 nitrogen and oxygen atoms in total. The Morgan fingerprint density at radius 2 is 1.93 bits per heavy atom.